The van der Waals surface area contributed by atoms with E-state index in [1.807, 2.05) is 22.9 Å². The van der Waals surface area contributed by atoms with Crippen LogP contribution in [0, 0.1) is 11.8 Å². The van der Waals surface area contributed by atoms with Gasteiger partial charge in [0.15, 0.2) is 0 Å². The zero-order valence-electron chi connectivity index (χ0n) is 16.0. The van der Waals surface area contributed by atoms with E-state index in [4.69, 9.17) is 38.0 Å². The predicted octanol–water partition coefficient (Wildman–Crippen LogP) is 4.04. The Bertz CT molecular complexity index is 1110. The van der Waals surface area contributed by atoms with E-state index in [1.165, 1.54) is 6.42 Å². The molecule has 156 valence electrons. The zero-order chi connectivity index (χ0) is 20.8. The molecule has 1 aliphatic carbocycles. The topological polar surface area (TPSA) is 80.5 Å². The summed E-state index contributed by atoms with van der Waals surface area (Å²) in [4.78, 5) is 22.1. The van der Waals surface area contributed by atoms with E-state index in [0.29, 0.717) is 34.0 Å². The highest BCUT2D eigenvalue weighted by atomic mass is 35.5. The summed E-state index contributed by atoms with van der Waals surface area (Å²) in [6.07, 6.45) is 6.55. The van der Waals surface area contributed by atoms with Gasteiger partial charge in [0.05, 0.1) is 53.3 Å². The molecule has 0 spiro atoms. The number of ether oxygens (including phenoxy) is 1. The molecule has 0 radical (unpaired) electrons. The Balaban J connectivity index is 1.52. The number of pyridine rings is 1. The van der Waals surface area contributed by atoms with Gasteiger partial charge in [0.2, 0.25) is 0 Å². The number of imidazole rings is 1. The molecular formula is C21H20Cl2N4O3. The SMILES string of the molecule is O=C(O)CCOC[C@@H]1C2CC2CN1c1cc(-n2ccnc2)c2ccc(Cl)c(Cl)c2n1. The molecule has 1 aliphatic heterocycles. The fraction of sp³-hybridized carbons (Fsp3) is 0.381. The number of fused-ring (bicyclic) bond motifs is 2. The average Bonchev–Trinajstić information content (AvgIpc) is 3.13. The molecule has 3 atom stereocenters. The number of benzene rings is 1. The summed E-state index contributed by atoms with van der Waals surface area (Å²) >= 11 is 12.8. The number of hydrogen-bond acceptors (Lipinski definition) is 5. The summed E-state index contributed by atoms with van der Waals surface area (Å²) in [5, 5.41) is 10.6. The van der Waals surface area contributed by atoms with Gasteiger partial charge in [0, 0.05) is 30.4 Å². The predicted molar refractivity (Wildman–Crippen MR) is 115 cm³/mol. The van der Waals surface area contributed by atoms with Crippen LogP contribution in [0.4, 0.5) is 5.82 Å². The molecular weight excluding hydrogens is 427 g/mol. The van der Waals surface area contributed by atoms with Crippen molar-refractivity contribution in [3.05, 3.63) is 47.0 Å². The molecule has 1 saturated heterocycles. The van der Waals surface area contributed by atoms with Gasteiger partial charge >= 0.3 is 5.97 Å². The Morgan fingerprint density at radius 2 is 2.20 bits per heavy atom. The lowest BCUT2D eigenvalue weighted by Gasteiger charge is -2.29. The molecule has 2 aliphatic rings. The first-order valence-electron chi connectivity index (χ1n) is 9.86. The largest absolute Gasteiger partial charge is 0.481 e. The van der Waals surface area contributed by atoms with Crippen LogP contribution in [-0.2, 0) is 9.53 Å². The molecule has 0 amide bonds. The van der Waals surface area contributed by atoms with Crippen molar-refractivity contribution in [2.45, 2.75) is 18.9 Å². The van der Waals surface area contributed by atoms with Gasteiger partial charge in [-0.2, -0.15) is 0 Å². The number of carbonyl (C=O) groups is 1. The number of halogens is 2. The summed E-state index contributed by atoms with van der Waals surface area (Å²) in [6.45, 7) is 1.60. The summed E-state index contributed by atoms with van der Waals surface area (Å²) in [5.41, 5.74) is 1.58. The van der Waals surface area contributed by atoms with E-state index >= 15 is 0 Å². The number of aromatic nitrogens is 3. The van der Waals surface area contributed by atoms with Crippen molar-refractivity contribution in [2.75, 3.05) is 24.7 Å². The van der Waals surface area contributed by atoms with Crippen molar-refractivity contribution in [1.29, 1.82) is 0 Å². The molecule has 1 saturated carbocycles. The molecule has 3 heterocycles. The third-order valence-corrected chi connectivity index (χ3v) is 6.76. The van der Waals surface area contributed by atoms with Crippen molar-refractivity contribution >= 4 is 45.9 Å². The summed E-state index contributed by atoms with van der Waals surface area (Å²) < 4.78 is 7.63. The summed E-state index contributed by atoms with van der Waals surface area (Å²) in [7, 11) is 0. The van der Waals surface area contributed by atoms with E-state index in [0.717, 1.165) is 23.4 Å². The minimum absolute atomic E-state index is 0.00786. The second kappa shape index (κ2) is 7.72. The molecule has 30 heavy (non-hydrogen) atoms. The van der Waals surface area contributed by atoms with Crippen LogP contribution in [0.2, 0.25) is 10.0 Å². The normalized spacial score (nSPS) is 22.5. The fourth-order valence-electron chi connectivity index (χ4n) is 4.38. The van der Waals surface area contributed by atoms with Crippen LogP contribution in [-0.4, -0.2) is 51.4 Å². The quantitative estimate of drug-likeness (QED) is 0.551. The molecule has 3 aromatic rings. The Morgan fingerprint density at radius 1 is 1.33 bits per heavy atom. The second-order valence-electron chi connectivity index (χ2n) is 7.83. The minimum atomic E-state index is -0.852. The van der Waals surface area contributed by atoms with Crippen molar-refractivity contribution in [3.8, 4) is 5.69 Å². The van der Waals surface area contributed by atoms with Crippen LogP contribution in [0.1, 0.15) is 12.8 Å². The van der Waals surface area contributed by atoms with Crippen molar-refractivity contribution in [2.24, 2.45) is 11.8 Å². The smallest absolute Gasteiger partial charge is 0.305 e. The number of carboxylic acids is 1. The third kappa shape index (κ3) is 3.51. The van der Waals surface area contributed by atoms with E-state index < -0.39 is 5.97 Å². The Hall–Kier alpha value is -2.35. The number of anilines is 1. The van der Waals surface area contributed by atoms with Gasteiger partial charge in [-0.1, -0.05) is 23.2 Å². The van der Waals surface area contributed by atoms with Crippen LogP contribution in [0.3, 0.4) is 0 Å². The first-order chi connectivity index (χ1) is 14.5. The molecule has 2 unspecified atom stereocenters. The molecule has 9 heteroatoms. The van der Waals surface area contributed by atoms with Gasteiger partial charge in [-0.05, 0) is 30.4 Å². The van der Waals surface area contributed by atoms with Crippen LogP contribution in [0.15, 0.2) is 36.9 Å². The number of rotatable bonds is 7. The highest BCUT2D eigenvalue weighted by molar-refractivity contribution is 6.45. The molecule has 2 fully saturated rings. The van der Waals surface area contributed by atoms with Gasteiger partial charge < -0.3 is 19.3 Å². The number of carboxylic acid groups (broad SMARTS) is 1. The minimum Gasteiger partial charge on any atom is -0.481 e. The van der Waals surface area contributed by atoms with Crippen molar-refractivity contribution in [3.63, 3.8) is 0 Å². The fourth-order valence-corrected chi connectivity index (χ4v) is 4.74. The van der Waals surface area contributed by atoms with Crippen LogP contribution in [0.5, 0.6) is 0 Å². The first kappa shape index (κ1) is 19.6. The van der Waals surface area contributed by atoms with Crippen LogP contribution < -0.4 is 4.90 Å². The van der Waals surface area contributed by atoms with Crippen molar-refractivity contribution < 1.29 is 14.6 Å². The first-order valence-corrected chi connectivity index (χ1v) is 10.6. The maximum atomic E-state index is 10.8. The van der Waals surface area contributed by atoms with Gasteiger partial charge in [0.1, 0.15) is 5.82 Å². The van der Waals surface area contributed by atoms with Gasteiger partial charge in [-0.15, -0.1) is 0 Å². The summed E-state index contributed by atoms with van der Waals surface area (Å²) in [6, 6.07) is 5.91. The van der Waals surface area contributed by atoms with Gasteiger partial charge in [0.25, 0.3) is 0 Å². The maximum absolute atomic E-state index is 10.8. The Morgan fingerprint density at radius 3 is 2.97 bits per heavy atom. The number of piperidine rings is 1. The van der Waals surface area contributed by atoms with E-state index in [-0.39, 0.29) is 19.1 Å². The van der Waals surface area contributed by atoms with E-state index in [9.17, 15) is 4.79 Å². The second-order valence-corrected chi connectivity index (χ2v) is 8.61. The zero-order valence-corrected chi connectivity index (χ0v) is 17.6. The Kier molecular flexibility index (Phi) is 5.05. The molecule has 1 N–H and O–H groups in total. The van der Waals surface area contributed by atoms with Crippen molar-refractivity contribution in [1.82, 2.24) is 14.5 Å². The van der Waals surface area contributed by atoms with Gasteiger partial charge in [-0.25, -0.2) is 9.97 Å². The standard InChI is InChI=1S/C21H20Cl2N4O3/c22-15-2-1-13-16(26-5-4-24-11-26)8-18(25-21(13)20(15)23)27-9-12-7-14(12)17(27)10-30-6-3-19(28)29/h1-2,4-5,8,11-12,14,17H,3,6-7,9-10H2,(H,28,29)/t12?,14?,17-/m1/s1. The lowest BCUT2D eigenvalue weighted by molar-refractivity contribution is -0.138. The third-order valence-electron chi connectivity index (χ3n) is 5.97. The molecule has 5 rings (SSSR count). The highest BCUT2D eigenvalue weighted by Crippen LogP contribution is 2.51. The Labute approximate surface area is 183 Å². The lowest BCUT2D eigenvalue weighted by Crippen LogP contribution is -2.37. The average molecular weight is 447 g/mol. The van der Waals surface area contributed by atoms with E-state index in [2.05, 4.69) is 9.88 Å². The number of hydrogen-bond donors (Lipinski definition) is 1. The van der Waals surface area contributed by atoms with E-state index in [1.54, 1.807) is 18.6 Å². The highest BCUT2D eigenvalue weighted by Gasteiger charge is 2.53. The molecule has 2 aromatic heterocycles. The molecule has 7 nitrogen and oxygen atoms in total. The van der Waals surface area contributed by atoms with Gasteiger partial charge in [-0.3, -0.25) is 4.79 Å². The molecule has 0 bridgehead atoms. The molecule has 1 aromatic carbocycles. The number of nitrogens with zero attached hydrogens (tertiary/aromatic N) is 4. The lowest BCUT2D eigenvalue weighted by atomic mass is 10.1. The monoisotopic (exact) mass is 446 g/mol. The summed E-state index contributed by atoms with van der Waals surface area (Å²) in [5.74, 6) is 1.14. The van der Waals surface area contributed by atoms with Crippen LogP contribution in [0.25, 0.3) is 16.6 Å². The van der Waals surface area contributed by atoms with Crippen LogP contribution >= 0.6 is 23.2 Å². The number of aliphatic carboxylic acids is 1. The maximum Gasteiger partial charge on any atom is 0.305 e.